The number of carbonyl (C=O) groups is 2. The number of nitrogens with zero attached hydrogens (tertiary/aromatic N) is 1. The zero-order chi connectivity index (χ0) is 24.5. The Hall–Kier alpha value is -3.60. The van der Waals surface area contributed by atoms with Gasteiger partial charge in [0.15, 0.2) is 5.54 Å². The first-order valence-corrected chi connectivity index (χ1v) is 11.5. The van der Waals surface area contributed by atoms with Gasteiger partial charge in [-0.25, -0.2) is 4.79 Å². The van der Waals surface area contributed by atoms with Crippen LogP contribution in [0.25, 0.3) is 0 Å². The monoisotopic (exact) mass is 457 g/mol. The molecular formula is C29H31NO4. The molecule has 0 aliphatic carbocycles. The van der Waals surface area contributed by atoms with Crippen LogP contribution in [0, 0.1) is 0 Å². The summed E-state index contributed by atoms with van der Waals surface area (Å²) in [6, 6.07) is 22.5. The van der Waals surface area contributed by atoms with Gasteiger partial charge in [-0.2, -0.15) is 0 Å². The first-order chi connectivity index (χ1) is 16.2. The Kier molecular flexibility index (Phi) is 6.22. The van der Waals surface area contributed by atoms with Crippen LogP contribution in [-0.4, -0.2) is 35.5 Å². The third-order valence-electron chi connectivity index (χ3n) is 6.69. The molecule has 1 atom stereocenters. The third-order valence-corrected chi connectivity index (χ3v) is 6.69. The van der Waals surface area contributed by atoms with Gasteiger partial charge in [-0.3, -0.25) is 4.79 Å². The minimum absolute atomic E-state index is 0.158. The van der Waals surface area contributed by atoms with E-state index in [1.807, 2.05) is 60.7 Å². The smallest absolute Gasteiger partial charge is 0.334 e. The van der Waals surface area contributed by atoms with Gasteiger partial charge < -0.3 is 14.7 Å². The Morgan fingerprint density at radius 2 is 1.68 bits per heavy atom. The molecule has 0 bridgehead atoms. The van der Waals surface area contributed by atoms with E-state index in [1.54, 1.807) is 19.2 Å². The van der Waals surface area contributed by atoms with E-state index in [9.17, 15) is 14.7 Å². The van der Waals surface area contributed by atoms with E-state index in [4.69, 9.17) is 4.74 Å². The minimum Gasteiger partial charge on any atom is -0.496 e. The lowest BCUT2D eigenvalue weighted by molar-refractivity contribution is -0.151. The summed E-state index contributed by atoms with van der Waals surface area (Å²) in [5, 5.41) is 10.7. The standard InChI is InChI=1S/C29H31NO4/c1-28(2,3)24-15-14-22(18-25(24)34-4)26(31)30-17-16-21-12-8-9-13-23(21)29(30,27(32)33)19-20-10-6-5-7-11-20/h5-15,18H,16-17,19H2,1-4H3,(H,32,33). The van der Waals surface area contributed by atoms with Crippen molar-refractivity contribution in [3.63, 3.8) is 0 Å². The van der Waals surface area contributed by atoms with Gasteiger partial charge in [0.25, 0.3) is 5.91 Å². The predicted molar refractivity (Wildman–Crippen MR) is 132 cm³/mol. The van der Waals surface area contributed by atoms with Gasteiger partial charge in [0.1, 0.15) is 5.75 Å². The summed E-state index contributed by atoms with van der Waals surface area (Å²) in [6.07, 6.45) is 0.784. The summed E-state index contributed by atoms with van der Waals surface area (Å²) in [4.78, 5) is 28.6. The topological polar surface area (TPSA) is 66.8 Å². The number of fused-ring (bicyclic) bond motifs is 1. The molecule has 0 saturated heterocycles. The maximum atomic E-state index is 14.0. The Labute approximate surface area is 201 Å². The molecule has 0 radical (unpaired) electrons. The summed E-state index contributed by atoms with van der Waals surface area (Å²) in [7, 11) is 1.59. The molecule has 5 heteroatoms. The molecule has 34 heavy (non-hydrogen) atoms. The van der Waals surface area contributed by atoms with Crippen LogP contribution in [0.4, 0.5) is 0 Å². The SMILES string of the molecule is COc1cc(C(=O)N2CCc3ccccc3C2(Cc2ccccc2)C(=O)O)ccc1C(C)(C)C. The summed E-state index contributed by atoms with van der Waals surface area (Å²) >= 11 is 0. The Morgan fingerprint density at radius 1 is 1.00 bits per heavy atom. The zero-order valence-corrected chi connectivity index (χ0v) is 20.2. The number of amides is 1. The number of rotatable bonds is 5. The maximum Gasteiger partial charge on any atom is 0.334 e. The van der Waals surface area contributed by atoms with E-state index in [-0.39, 0.29) is 17.7 Å². The maximum absolute atomic E-state index is 14.0. The number of carboxylic acid groups (broad SMARTS) is 1. The second-order valence-electron chi connectivity index (χ2n) is 9.86. The first kappa shape index (κ1) is 23.6. The van der Waals surface area contributed by atoms with Gasteiger partial charge in [-0.1, -0.05) is 81.4 Å². The quantitative estimate of drug-likeness (QED) is 0.571. The largest absolute Gasteiger partial charge is 0.496 e. The van der Waals surface area contributed by atoms with Crippen molar-refractivity contribution in [1.82, 2.24) is 4.90 Å². The Bertz CT molecular complexity index is 1210. The lowest BCUT2D eigenvalue weighted by Crippen LogP contribution is -2.59. The van der Waals surface area contributed by atoms with Crippen LogP contribution in [0.1, 0.15) is 53.4 Å². The van der Waals surface area contributed by atoms with Crippen LogP contribution in [0.2, 0.25) is 0 Å². The average molecular weight is 458 g/mol. The van der Waals surface area contributed by atoms with Gasteiger partial charge in [0.2, 0.25) is 0 Å². The second kappa shape index (κ2) is 8.98. The average Bonchev–Trinajstić information content (AvgIpc) is 2.83. The molecule has 0 fully saturated rings. The summed E-state index contributed by atoms with van der Waals surface area (Å²) < 4.78 is 5.61. The van der Waals surface area contributed by atoms with E-state index >= 15 is 0 Å². The van der Waals surface area contributed by atoms with Gasteiger partial charge in [0, 0.05) is 18.5 Å². The Balaban J connectivity index is 1.86. The van der Waals surface area contributed by atoms with Gasteiger partial charge in [0.05, 0.1) is 7.11 Å². The van der Waals surface area contributed by atoms with Crippen molar-refractivity contribution in [1.29, 1.82) is 0 Å². The highest BCUT2D eigenvalue weighted by Crippen LogP contribution is 2.41. The number of hydrogen-bond donors (Lipinski definition) is 1. The number of benzene rings is 3. The van der Waals surface area contributed by atoms with E-state index in [0.717, 1.165) is 16.7 Å². The van der Waals surface area contributed by atoms with E-state index < -0.39 is 11.5 Å². The van der Waals surface area contributed by atoms with Gasteiger partial charge in [-0.15, -0.1) is 0 Å². The molecule has 176 valence electrons. The fourth-order valence-electron chi connectivity index (χ4n) is 4.97. The zero-order valence-electron chi connectivity index (χ0n) is 20.2. The number of ether oxygens (including phenoxy) is 1. The van der Waals surface area contributed by atoms with Crippen LogP contribution in [0.5, 0.6) is 5.75 Å². The fraction of sp³-hybridized carbons (Fsp3) is 0.310. The lowest BCUT2D eigenvalue weighted by atomic mass is 9.76. The molecule has 5 nitrogen and oxygen atoms in total. The molecule has 0 spiro atoms. The van der Waals surface area contributed by atoms with Crippen molar-refractivity contribution in [2.75, 3.05) is 13.7 Å². The van der Waals surface area contributed by atoms with Crippen LogP contribution in [0.3, 0.4) is 0 Å². The van der Waals surface area contributed by atoms with Crippen molar-refractivity contribution < 1.29 is 19.4 Å². The number of hydrogen-bond acceptors (Lipinski definition) is 3. The van der Waals surface area contributed by atoms with Crippen LogP contribution >= 0.6 is 0 Å². The highest BCUT2D eigenvalue weighted by atomic mass is 16.5. The molecule has 4 rings (SSSR count). The van der Waals surface area contributed by atoms with Crippen molar-refractivity contribution in [3.8, 4) is 5.75 Å². The predicted octanol–water partition coefficient (Wildman–Crippen LogP) is 5.21. The van der Waals surface area contributed by atoms with Crippen molar-refractivity contribution >= 4 is 11.9 Å². The summed E-state index contributed by atoms with van der Waals surface area (Å²) in [5.41, 5.74) is 2.24. The molecule has 1 amide bonds. The first-order valence-electron chi connectivity index (χ1n) is 11.5. The van der Waals surface area contributed by atoms with Gasteiger partial charge in [-0.05, 0) is 46.2 Å². The number of carboxylic acids is 1. The van der Waals surface area contributed by atoms with E-state index in [0.29, 0.717) is 29.8 Å². The van der Waals surface area contributed by atoms with Gasteiger partial charge >= 0.3 is 5.97 Å². The molecule has 0 aromatic heterocycles. The highest BCUT2D eigenvalue weighted by molar-refractivity contribution is 5.99. The Morgan fingerprint density at radius 3 is 2.32 bits per heavy atom. The molecule has 0 saturated carbocycles. The van der Waals surface area contributed by atoms with Crippen molar-refractivity contribution in [3.05, 3.63) is 101 Å². The van der Waals surface area contributed by atoms with E-state index in [1.165, 1.54) is 4.90 Å². The van der Waals surface area contributed by atoms with Crippen LogP contribution in [-0.2, 0) is 28.6 Å². The fourth-order valence-corrected chi connectivity index (χ4v) is 4.97. The molecule has 3 aromatic rings. The molecule has 1 aliphatic rings. The third kappa shape index (κ3) is 4.07. The van der Waals surface area contributed by atoms with E-state index in [2.05, 4.69) is 20.8 Å². The number of carbonyl (C=O) groups excluding carboxylic acids is 1. The summed E-state index contributed by atoms with van der Waals surface area (Å²) in [5.74, 6) is -0.721. The number of aliphatic carboxylic acids is 1. The van der Waals surface area contributed by atoms with Crippen LogP contribution < -0.4 is 4.74 Å². The summed E-state index contributed by atoms with van der Waals surface area (Å²) in [6.45, 7) is 6.58. The molecule has 3 aromatic carbocycles. The van der Waals surface area contributed by atoms with Crippen LogP contribution in [0.15, 0.2) is 72.8 Å². The molecule has 1 N–H and O–H groups in total. The lowest BCUT2D eigenvalue weighted by Gasteiger charge is -2.45. The minimum atomic E-state index is -1.51. The molecule has 1 aliphatic heterocycles. The molecular weight excluding hydrogens is 426 g/mol. The van der Waals surface area contributed by atoms with Crippen molar-refractivity contribution in [2.24, 2.45) is 0 Å². The van der Waals surface area contributed by atoms with Crippen molar-refractivity contribution in [2.45, 2.75) is 44.6 Å². The second-order valence-corrected chi connectivity index (χ2v) is 9.86. The highest BCUT2D eigenvalue weighted by Gasteiger charge is 2.51. The molecule has 1 heterocycles. The number of methoxy groups -OCH3 is 1. The molecule has 1 unspecified atom stereocenters. The normalized spacial score (nSPS) is 17.7.